The fourth-order valence-corrected chi connectivity index (χ4v) is 3.92. The highest BCUT2D eigenvalue weighted by molar-refractivity contribution is 5.97. The average Bonchev–Trinajstić information content (AvgIpc) is 3.20. The number of hydrogen-bond acceptors (Lipinski definition) is 4. The van der Waals surface area contributed by atoms with E-state index in [1.807, 2.05) is 6.07 Å². The molecule has 0 radical (unpaired) electrons. The van der Waals surface area contributed by atoms with Gasteiger partial charge >= 0.3 is 6.18 Å². The Morgan fingerprint density at radius 3 is 2.55 bits per heavy atom. The maximum atomic E-state index is 13.1. The fourth-order valence-electron chi connectivity index (χ4n) is 3.92. The normalized spacial score (nSPS) is 17.1. The lowest BCUT2D eigenvalue weighted by atomic mass is 9.96. The molecule has 1 aliphatic rings. The minimum atomic E-state index is -4.46. The standard InChI is InChI=1S/C22H21F3N4O2/c23-22(24,25)17-8-10-19-26-27-21(29(19)14-17)16-7-4-12-28(13-16)20(31)11-9-18(30)15-5-2-1-3-6-15/h1-3,5-6,8,10,14,16H,4,7,9,11-13H2. The van der Waals surface area contributed by atoms with Crippen molar-refractivity contribution in [1.29, 1.82) is 0 Å². The van der Waals surface area contributed by atoms with Gasteiger partial charge in [-0.2, -0.15) is 13.2 Å². The molecule has 31 heavy (non-hydrogen) atoms. The molecule has 0 bridgehead atoms. The largest absolute Gasteiger partial charge is 0.417 e. The van der Waals surface area contributed by atoms with Crippen molar-refractivity contribution in [3.05, 3.63) is 65.6 Å². The van der Waals surface area contributed by atoms with Crippen LogP contribution in [0.15, 0.2) is 48.7 Å². The van der Waals surface area contributed by atoms with Crippen LogP contribution in [0.2, 0.25) is 0 Å². The number of rotatable bonds is 5. The molecule has 0 spiro atoms. The van der Waals surface area contributed by atoms with Gasteiger partial charge in [-0.15, -0.1) is 10.2 Å². The van der Waals surface area contributed by atoms with Crippen LogP contribution >= 0.6 is 0 Å². The first kappa shape index (κ1) is 21.0. The van der Waals surface area contributed by atoms with Gasteiger partial charge in [0.2, 0.25) is 5.91 Å². The van der Waals surface area contributed by atoms with Crippen molar-refractivity contribution in [3.63, 3.8) is 0 Å². The number of likely N-dealkylation sites (tertiary alicyclic amines) is 1. The van der Waals surface area contributed by atoms with E-state index in [0.717, 1.165) is 12.3 Å². The first-order valence-electron chi connectivity index (χ1n) is 10.1. The Kier molecular flexibility index (Phi) is 5.75. The number of carbonyl (C=O) groups excluding carboxylic acids is 2. The molecule has 3 aromatic rings. The number of halogens is 3. The zero-order valence-electron chi connectivity index (χ0n) is 16.7. The molecule has 9 heteroatoms. The smallest absolute Gasteiger partial charge is 0.342 e. The summed E-state index contributed by atoms with van der Waals surface area (Å²) < 4.78 is 40.7. The summed E-state index contributed by atoms with van der Waals surface area (Å²) >= 11 is 0. The SMILES string of the molecule is O=C(CCC(=O)N1CCCC(c2nnc3ccc(C(F)(F)F)cn23)C1)c1ccccc1. The highest BCUT2D eigenvalue weighted by Gasteiger charge is 2.32. The van der Waals surface area contributed by atoms with Gasteiger partial charge in [0.05, 0.1) is 5.56 Å². The van der Waals surface area contributed by atoms with Crippen LogP contribution < -0.4 is 0 Å². The van der Waals surface area contributed by atoms with Gasteiger partial charge in [0.15, 0.2) is 11.4 Å². The van der Waals surface area contributed by atoms with Crippen molar-refractivity contribution < 1.29 is 22.8 Å². The van der Waals surface area contributed by atoms with Crippen LogP contribution in [0, 0.1) is 0 Å². The van der Waals surface area contributed by atoms with Gasteiger partial charge in [0, 0.05) is 43.6 Å². The highest BCUT2D eigenvalue weighted by atomic mass is 19.4. The number of pyridine rings is 1. The van der Waals surface area contributed by atoms with Crippen molar-refractivity contribution in [2.45, 2.75) is 37.8 Å². The van der Waals surface area contributed by atoms with E-state index in [2.05, 4.69) is 10.2 Å². The maximum Gasteiger partial charge on any atom is 0.417 e. The van der Waals surface area contributed by atoms with Gasteiger partial charge in [-0.1, -0.05) is 30.3 Å². The molecule has 0 N–H and O–H groups in total. The molecule has 2 aromatic heterocycles. The molecular formula is C22H21F3N4O2. The number of piperidine rings is 1. The molecule has 1 aromatic carbocycles. The second kappa shape index (κ2) is 8.49. The minimum absolute atomic E-state index is 0.0920. The summed E-state index contributed by atoms with van der Waals surface area (Å²) in [5.74, 6) is -0.0376. The van der Waals surface area contributed by atoms with E-state index in [-0.39, 0.29) is 30.4 Å². The molecule has 0 aliphatic carbocycles. The van der Waals surface area contributed by atoms with Crippen molar-refractivity contribution >= 4 is 17.3 Å². The lowest BCUT2D eigenvalue weighted by Crippen LogP contribution is -2.39. The second-order valence-corrected chi connectivity index (χ2v) is 7.67. The van der Waals surface area contributed by atoms with Crippen molar-refractivity contribution in [1.82, 2.24) is 19.5 Å². The second-order valence-electron chi connectivity index (χ2n) is 7.67. The van der Waals surface area contributed by atoms with Crippen molar-refractivity contribution in [2.24, 2.45) is 0 Å². The molecule has 3 heterocycles. The number of amides is 1. The van der Waals surface area contributed by atoms with Gasteiger partial charge in [0.25, 0.3) is 0 Å². The summed E-state index contributed by atoms with van der Waals surface area (Å²) in [5.41, 5.74) is 0.131. The van der Waals surface area contributed by atoms with Gasteiger partial charge < -0.3 is 4.90 Å². The Morgan fingerprint density at radius 2 is 1.81 bits per heavy atom. The quantitative estimate of drug-likeness (QED) is 0.571. The predicted octanol–water partition coefficient (Wildman–Crippen LogP) is 4.12. The Balaban J connectivity index is 1.45. The summed E-state index contributed by atoms with van der Waals surface area (Å²) in [6, 6.07) is 11.1. The van der Waals surface area contributed by atoms with Crippen LogP contribution in [-0.4, -0.2) is 44.3 Å². The topological polar surface area (TPSA) is 67.6 Å². The van der Waals surface area contributed by atoms with E-state index in [9.17, 15) is 22.8 Å². The number of aromatic nitrogens is 3. The fraction of sp³-hybridized carbons (Fsp3) is 0.364. The molecule has 0 saturated carbocycles. The summed E-state index contributed by atoms with van der Waals surface area (Å²) in [6.45, 7) is 0.898. The zero-order chi connectivity index (χ0) is 22.0. The number of Topliss-reactive ketones (excluding diaryl/α,β-unsaturated/α-hetero) is 1. The molecule has 1 aliphatic heterocycles. The number of hydrogen-bond donors (Lipinski definition) is 0. The van der Waals surface area contributed by atoms with Crippen molar-refractivity contribution in [2.75, 3.05) is 13.1 Å². The molecule has 6 nitrogen and oxygen atoms in total. The van der Waals surface area contributed by atoms with E-state index in [0.29, 0.717) is 43.0 Å². The number of ketones is 1. The summed E-state index contributed by atoms with van der Waals surface area (Å²) in [5, 5.41) is 8.08. The van der Waals surface area contributed by atoms with Crippen LogP contribution in [0.3, 0.4) is 0 Å². The van der Waals surface area contributed by atoms with Crippen molar-refractivity contribution in [3.8, 4) is 0 Å². The number of carbonyl (C=O) groups is 2. The van der Waals surface area contributed by atoms with Gasteiger partial charge in [-0.25, -0.2) is 0 Å². The molecule has 1 unspecified atom stereocenters. The number of fused-ring (bicyclic) bond motifs is 1. The predicted molar refractivity (Wildman–Crippen MR) is 107 cm³/mol. The Hall–Kier alpha value is -3.23. The van der Waals surface area contributed by atoms with Crippen LogP contribution in [0.25, 0.3) is 5.65 Å². The third kappa shape index (κ3) is 4.60. The first-order chi connectivity index (χ1) is 14.8. The molecule has 4 rings (SSSR count). The molecule has 162 valence electrons. The Morgan fingerprint density at radius 1 is 1.03 bits per heavy atom. The number of nitrogens with zero attached hydrogens (tertiary/aromatic N) is 4. The van der Waals surface area contributed by atoms with E-state index >= 15 is 0 Å². The highest BCUT2D eigenvalue weighted by Crippen LogP contribution is 2.31. The molecule has 1 atom stereocenters. The number of alkyl halides is 3. The molecular weight excluding hydrogens is 409 g/mol. The summed E-state index contributed by atoms with van der Waals surface area (Å²) in [6.07, 6.45) is -1.84. The third-order valence-electron chi connectivity index (χ3n) is 5.56. The maximum absolute atomic E-state index is 13.1. The van der Waals surface area contributed by atoms with E-state index < -0.39 is 11.7 Å². The Bertz CT molecular complexity index is 1100. The molecule has 1 amide bonds. The minimum Gasteiger partial charge on any atom is -0.342 e. The molecule has 1 fully saturated rings. The summed E-state index contributed by atoms with van der Waals surface area (Å²) in [7, 11) is 0. The van der Waals surface area contributed by atoms with Gasteiger partial charge in [-0.05, 0) is 25.0 Å². The van der Waals surface area contributed by atoms with Gasteiger partial charge in [-0.3, -0.25) is 14.0 Å². The monoisotopic (exact) mass is 430 g/mol. The first-order valence-corrected chi connectivity index (χ1v) is 10.1. The lowest BCUT2D eigenvalue weighted by Gasteiger charge is -2.32. The van der Waals surface area contributed by atoms with E-state index in [4.69, 9.17) is 0 Å². The van der Waals surface area contributed by atoms with Crippen LogP contribution in [0.5, 0.6) is 0 Å². The zero-order valence-corrected chi connectivity index (χ0v) is 16.7. The van der Waals surface area contributed by atoms with E-state index in [1.54, 1.807) is 29.2 Å². The third-order valence-corrected chi connectivity index (χ3v) is 5.56. The van der Waals surface area contributed by atoms with Crippen LogP contribution in [0.4, 0.5) is 13.2 Å². The van der Waals surface area contributed by atoms with Gasteiger partial charge in [0.1, 0.15) is 5.82 Å². The van der Waals surface area contributed by atoms with Crippen LogP contribution in [0.1, 0.15) is 53.3 Å². The van der Waals surface area contributed by atoms with E-state index in [1.165, 1.54) is 10.5 Å². The average molecular weight is 430 g/mol. The lowest BCUT2D eigenvalue weighted by molar-refractivity contribution is -0.137. The van der Waals surface area contributed by atoms with Crippen LogP contribution in [-0.2, 0) is 11.0 Å². The molecule has 1 saturated heterocycles. The Labute approximate surface area is 176 Å². The number of benzene rings is 1. The summed E-state index contributed by atoms with van der Waals surface area (Å²) in [4.78, 5) is 26.6.